The van der Waals surface area contributed by atoms with Crippen LogP contribution in [0.2, 0.25) is 0 Å². The first-order valence-electron chi connectivity index (χ1n) is 9.17. The van der Waals surface area contributed by atoms with Crippen molar-refractivity contribution in [2.24, 2.45) is 0 Å². The molecule has 1 saturated heterocycles. The monoisotopic (exact) mass is 363 g/mol. The average molecular weight is 363 g/mol. The van der Waals surface area contributed by atoms with Crippen molar-refractivity contribution in [2.45, 2.75) is 25.4 Å². The van der Waals surface area contributed by atoms with E-state index in [2.05, 4.69) is 5.32 Å². The lowest BCUT2D eigenvalue weighted by Gasteiger charge is -2.25. The Morgan fingerprint density at radius 1 is 1.04 bits per heavy atom. The number of nitrogens with one attached hydrogen (secondary N) is 1. The second kappa shape index (κ2) is 7.23. The summed E-state index contributed by atoms with van der Waals surface area (Å²) >= 11 is 0. The molecule has 6 heteroatoms. The van der Waals surface area contributed by atoms with Gasteiger partial charge in [-0.3, -0.25) is 14.4 Å². The van der Waals surface area contributed by atoms with E-state index in [1.165, 1.54) is 4.90 Å². The van der Waals surface area contributed by atoms with E-state index in [1.54, 1.807) is 29.2 Å². The number of carbonyl (C=O) groups is 3. The SMILES string of the molecule is O=C(CN1C(=O)[C@@H]2CCCN2C(=O)c2ccccc21)NCc1ccccc1. The third-order valence-corrected chi connectivity index (χ3v) is 5.12. The minimum Gasteiger partial charge on any atom is -0.350 e. The molecule has 2 aromatic carbocycles. The first-order chi connectivity index (χ1) is 13.1. The molecule has 3 amide bonds. The lowest BCUT2D eigenvalue weighted by atomic mass is 10.1. The van der Waals surface area contributed by atoms with Crippen LogP contribution >= 0.6 is 0 Å². The highest BCUT2D eigenvalue weighted by Gasteiger charge is 2.42. The Hall–Kier alpha value is -3.15. The van der Waals surface area contributed by atoms with Gasteiger partial charge >= 0.3 is 0 Å². The van der Waals surface area contributed by atoms with Crippen molar-refractivity contribution >= 4 is 23.4 Å². The molecule has 0 bridgehead atoms. The summed E-state index contributed by atoms with van der Waals surface area (Å²) in [5.41, 5.74) is 1.98. The molecule has 2 aliphatic rings. The lowest BCUT2D eigenvalue weighted by molar-refractivity contribution is -0.125. The summed E-state index contributed by atoms with van der Waals surface area (Å²) in [4.78, 5) is 41.6. The molecule has 27 heavy (non-hydrogen) atoms. The van der Waals surface area contributed by atoms with Crippen LogP contribution in [0.3, 0.4) is 0 Å². The maximum absolute atomic E-state index is 13.1. The molecule has 0 aliphatic carbocycles. The molecular weight excluding hydrogens is 342 g/mol. The number of fused-ring (bicyclic) bond motifs is 2. The second-order valence-corrected chi connectivity index (χ2v) is 6.86. The highest BCUT2D eigenvalue weighted by molar-refractivity contribution is 6.12. The van der Waals surface area contributed by atoms with Gasteiger partial charge in [0.15, 0.2) is 0 Å². The van der Waals surface area contributed by atoms with Gasteiger partial charge in [0.2, 0.25) is 11.8 Å². The van der Waals surface area contributed by atoms with Crippen molar-refractivity contribution in [1.82, 2.24) is 10.2 Å². The van der Waals surface area contributed by atoms with Gasteiger partial charge in [0.25, 0.3) is 5.91 Å². The van der Waals surface area contributed by atoms with Crippen molar-refractivity contribution in [3.63, 3.8) is 0 Å². The Labute approximate surface area is 157 Å². The largest absolute Gasteiger partial charge is 0.350 e. The van der Waals surface area contributed by atoms with Crippen LogP contribution in [0.5, 0.6) is 0 Å². The fourth-order valence-electron chi connectivity index (χ4n) is 3.77. The fraction of sp³-hybridized carbons (Fsp3) is 0.286. The smallest absolute Gasteiger partial charge is 0.256 e. The van der Waals surface area contributed by atoms with Gasteiger partial charge in [-0.15, -0.1) is 0 Å². The molecule has 1 atom stereocenters. The van der Waals surface area contributed by atoms with Crippen LogP contribution in [0, 0.1) is 0 Å². The molecule has 1 fully saturated rings. The Morgan fingerprint density at radius 2 is 1.78 bits per heavy atom. The van der Waals surface area contributed by atoms with Crippen LogP contribution in [0.15, 0.2) is 54.6 Å². The highest BCUT2D eigenvalue weighted by Crippen LogP contribution is 2.32. The van der Waals surface area contributed by atoms with Gasteiger partial charge in [0.1, 0.15) is 12.6 Å². The van der Waals surface area contributed by atoms with E-state index in [1.807, 2.05) is 30.3 Å². The summed E-state index contributed by atoms with van der Waals surface area (Å²) < 4.78 is 0. The Kier molecular flexibility index (Phi) is 4.62. The van der Waals surface area contributed by atoms with Crippen LogP contribution in [0.1, 0.15) is 28.8 Å². The van der Waals surface area contributed by atoms with Crippen LogP contribution in [0.4, 0.5) is 5.69 Å². The minimum atomic E-state index is -0.480. The number of para-hydroxylation sites is 1. The summed E-state index contributed by atoms with van der Waals surface area (Å²) in [6, 6.07) is 16.2. The predicted octanol–water partition coefficient (Wildman–Crippen LogP) is 1.95. The quantitative estimate of drug-likeness (QED) is 0.903. The maximum atomic E-state index is 13.1. The summed E-state index contributed by atoms with van der Waals surface area (Å²) in [6.07, 6.45) is 1.44. The molecule has 138 valence electrons. The predicted molar refractivity (Wildman–Crippen MR) is 101 cm³/mol. The summed E-state index contributed by atoms with van der Waals surface area (Å²) in [7, 11) is 0. The molecule has 4 rings (SSSR count). The zero-order valence-electron chi connectivity index (χ0n) is 14.9. The number of carbonyl (C=O) groups excluding carboxylic acids is 3. The summed E-state index contributed by atoms with van der Waals surface area (Å²) in [5.74, 6) is -0.560. The molecule has 2 heterocycles. The average Bonchev–Trinajstić information content (AvgIpc) is 3.17. The van der Waals surface area contributed by atoms with E-state index in [0.717, 1.165) is 12.0 Å². The molecule has 0 spiro atoms. The van der Waals surface area contributed by atoms with Crippen molar-refractivity contribution in [3.05, 3.63) is 65.7 Å². The van der Waals surface area contributed by atoms with Gasteiger partial charge in [0, 0.05) is 13.1 Å². The van der Waals surface area contributed by atoms with Gasteiger partial charge in [-0.05, 0) is 30.5 Å². The number of hydrogen-bond acceptors (Lipinski definition) is 3. The molecule has 2 aliphatic heterocycles. The van der Waals surface area contributed by atoms with Crippen LogP contribution in [-0.2, 0) is 16.1 Å². The van der Waals surface area contributed by atoms with E-state index < -0.39 is 6.04 Å². The fourth-order valence-corrected chi connectivity index (χ4v) is 3.77. The number of benzene rings is 2. The zero-order valence-corrected chi connectivity index (χ0v) is 14.9. The first kappa shape index (κ1) is 17.3. The van der Waals surface area contributed by atoms with Gasteiger partial charge < -0.3 is 15.1 Å². The lowest BCUT2D eigenvalue weighted by Crippen LogP contribution is -2.48. The Morgan fingerprint density at radius 3 is 2.59 bits per heavy atom. The molecular formula is C21H21N3O3. The number of hydrogen-bond donors (Lipinski definition) is 1. The standard InChI is InChI=1S/C21H21N3O3/c25-19(22-13-15-7-2-1-3-8-15)14-24-17-10-5-4-9-16(17)20(26)23-12-6-11-18(23)21(24)27/h1-5,7-10,18H,6,11-14H2,(H,22,25)/t18-/m0/s1. The van der Waals surface area contributed by atoms with Crippen LogP contribution in [0.25, 0.3) is 0 Å². The summed E-state index contributed by atoms with van der Waals surface area (Å²) in [5, 5.41) is 2.86. The van der Waals surface area contributed by atoms with E-state index >= 15 is 0 Å². The number of nitrogens with zero attached hydrogens (tertiary/aromatic N) is 2. The molecule has 1 N–H and O–H groups in total. The van der Waals surface area contributed by atoms with Crippen molar-refractivity contribution < 1.29 is 14.4 Å². The van der Waals surface area contributed by atoms with Gasteiger partial charge in [-0.25, -0.2) is 0 Å². The third kappa shape index (κ3) is 3.30. The second-order valence-electron chi connectivity index (χ2n) is 6.86. The topological polar surface area (TPSA) is 69.7 Å². The van der Waals surface area contributed by atoms with E-state index in [4.69, 9.17) is 0 Å². The molecule has 6 nitrogen and oxygen atoms in total. The molecule has 0 radical (unpaired) electrons. The summed E-state index contributed by atoms with van der Waals surface area (Å²) in [6.45, 7) is 0.885. The highest BCUT2D eigenvalue weighted by atomic mass is 16.2. The maximum Gasteiger partial charge on any atom is 0.256 e. The molecule has 0 unspecified atom stereocenters. The van der Waals surface area contributed by atoms with Gasteiger partial charge in [-0.1, -0.05) is 42.5 Å². The Bertz CT molecular complexity index is 881. The third-order valence-electron chi connectivity index (χ3n) is 5.12. The number of amides is 3. The Balaban J connectivity index is 1.56. The van der Waals surface area contributed by atoms with Gasteiger partial charge in [0.05, 0.1) is 11.3 Å². The first-order valence-corrected chi connectivity index (χ1v) is 9.17. The van der Waals surface area contributed by atoms with E-state index in [9.17, 15) is 14.4 Å². The van der Waals surface area contributed by atoms with Crippen LogP contribution < -0.4 is 10.2 Å². The van der Waals surface area contributed by atoms with Crippen molar-refractivity contribution in [3.8, 4) is 0 Å². The number of anilines is 1. The minimum absolute atomic E-state index is 0.0969. The molecule has 2 aromatic rings. The zero-order chi connectivity index (χ0) is 18.8. The van der Waals surface area contributed by atoms with E-state index in [0.29, 0.717) is 30.8 Å². The molecule has 0 saturated carbocycles. The number of rotatable bonds is 4. The molecule has 0 aromatic heterocycles. The van der Waals surface area contributed by atoms with E-state index in [-0.39, 0.29) is 24.3 Å². The van der Waals surface area contributed by atoms with Crippen LogP contribution in [-0.4, -0.2) is 41.8 Å². The van der Waals surface area contributed by atoms with Gasteiger partial charge in [-0.2, -0.15) is 0 Å². The van der Waals surface area contributed by atoms with Crippen molar-refractivity contribution in [2.75, 3.05) is 18.0 Å². The van der Waals surface area contributed by atoms with Crippen molar-refractivity contribution in [1.29, 1.82) is 0 Å². The normalized spacial score (nSPS) is 18.7.